The first-order chi connectivity index (χ1) is 16.1. The molecule has 3 heterocycles. The van der Waals surface area contributed by atoms with Gasteiger partial charge in [0.15, 0.2) is 0 Å². The monoisotopic (exact) mass is 454 g/mol. The lowest BCUT2D eigenvalue weighted by Gasteiger charge is -2.09. The normalized spacial score (nSPS) is 10.9. The number of amides is 1. The van der Waals surface area contributed by atoms with E-state index in [9.17, 15) is 9.18 Å². The standard InChI is InChI=1S/C26H19FN4OS/c27-19-10-8-18(9-11-19)21-13-20(17-6-2-1-3-7-17)22-23(28)24(33-26(22)31-21)25(32)30-15-16-5-4-12-29-14-16/h1-14H,15,28H2,(H,30,32). The van der Waals surface area contributed by atoms with E-state index in [0.717, 1.165) is 27.6 Å². The van der Waals surface area contributed by atoms with Crippen molar-refractivity contribution in [2.45, 2.75) is 6.54 Å². The minimum absolute atomic E-state index is 0.262. The molecule has 0 unspecified atom stereocenters. The first kappa shape index (κ1) is 20.8. The number of pyridine rings is 2. The Morgan fingerprint density at radius 3 is 2.52 bits per heavy atom. The number of thiophene rings is 1. The van der Waals surface area contributed by atoms with Gasteiger partial charge in [0.1, 0.15) is 15.5 Å². The Morgan fingerprint density at radius 2 is 1.79 bits per heavy atom. The van der Waals surface area contributed by atoms with Crippen molar-refractivity contribution in [3.05, 3.63) is 101 Å². The fourth-order valence-corrected chi connectivity index (χ4v) is 4.71. The van der Waals surface area contributed by atoms with Gasteiger partial charge >= 0.3 is 0 Å². The first-order valence-corrected chi connectivity index (χ1v) is 11.1. The Bertz CT molecular complexity index is 1430. The third-order valence-electron chi connectivity index (χ3n) is 5.31. The molecule has 5 nitrogen and oxygen atoms in total. The molecule has 0 aliphatic carbocycles. The number of anilines is 1. The number of benzene rings is 2. The summed E-state index contributed by atoms with van der Waals surface area (Å²) in [6, 6.07) is 21.7. The lowest BCUT2D eigenvalue weighted by Crippen LogP contribution is -2.22. The average Bonchev–Trinajstić information content (AvgIpc) is 3.20. The highest BCUT2D eigenvalue weighted by atomic mass is 32.1. The number of halogens is 1. The maximum absolute atomic E-state index is 13.5. The number of hydrogen-bond donors (Lipinski definition) is 2. The van der Waals surface area contributed by atoms with Gasteiger partial charge in [-0.05, 0) is 53.1 Å². The minimum atomic E-state index is -0.309. The van der Waals surface area contributed by atoms with Crippen LogP contribution in [0.3, 0.4) is 0 Å². The number of nitrogen functional groups attached to an aromatic ring is 1. The summed E-state index contributed by atoms with van der Waals surface area (Å²) in [4.78, 5) is 22.9. The van der Waals surface area contributed by atoms with Crippen molar-refractivity contribution >= 4 is 33.1 Å². The summed E-state index contributed by atoms with van der Waals surface area (Å²) in [5.74, 6) is -0.572. The van der Waals surface area contributed by atoms with Crippen LogP contribution in [0.2, 0.25) is 0 Å². The highest BCUT2D eigenvalue weighted by Gasteiger charge is 2.21. The van der Waals surface area contributed by atoms with E-state index >= 15 is 0 Å². The van der Waals surface area contributed by atoms with Crippen LogP contribution in [0.5, 0.6) is 0 Å². The molecule has 7 heteroatoms. The molecular formula is C26H19FN4OS. The zero-order chi connectivity index (χ0) is 22.8. The number of fused-ring (bicyclic) bond motifs is 1. The molecule has 0 aliphatic rings. The van der Waals surface area contributed by atoms with Gasteiger partial charge < -0.3 is 11.1 Å². The van der Waals surface area contributed by atoms with Crippen LogP contribution in [-0.2, 0) is 6.54 Å². The Balaban J connectivity index is 1.60. The summed E-state index contributed by atoms with van der Waals surface area (Å²) in [6.07, 6.45) is 3.39. The van der Waals surface area contributed by atoms with Crippen molar-refractivity contribution < 1.29 is 9.18 Å². The zero-order valence-electron chi connectivity index (χ0n) is 17.5. The number of nitrogens with two attached hydrogens (primary N) is 1. The van der Waals surface area contributed by atoms with E-state index in [0.29, 0.717) is 27.6 Å². The van der Waals surface area contributed by atoms with Crippen molar-refractivity contribution in [2.24, 2.45) is 0 Å². The second kappa shape index (κ2) is 8.80. The van der Waals surface area contributed by atoms with Crippen LogP contribution in [0.25, 0.3) is 32.6 Å². The molecule has 0 bridgehead atoms. The van der Waals surface area contributed by atoms with Gasteiger partial charge in [-0.3, -0.25) is 9.78 Å². The lowest BCUT2D eigenvalue weighted by molar-refractivity contribution is 0.0956. The van der Waals surface area contributed by atoms with Gasteiger partial charge in [0, 0.05) is 29.9 Å². The van der Waals surface area contributed by atoms with Crippen LogP contribution in [0.15, 0.2) is 85.2 Å². The maximum Gasteiger partial charge on any atom is 0.263 e. The van der Waals surface area contributed by atoms with Crippen molar-refractivity contribution in [1.82, 2.24) is 15.3 Å². The number of hydrogen-bond acceptors (Lipinski definition) is 5. The molecule has 3 aromatic heterocycles. The summed E-state index contributed by atoms with van der Waals surface area (Å²) in [5, 5.41) is 3.65. The summed E-state index contributed by atoms with van der Waals surface area (Å²) in [6.45, 7) is 0.347. The summed E-state index contributed by atoms with van der Waals surface area (Å²) >= 11 is 1.25. The molecule has 5 aromatic rings. The molecule has 3 N–H and O–H groups in total. The SMILES string of the molecule is Nc1c(C(=O)NCc2cccnc2)sc2nc(-c3ccc(F)cc3)cc(-c3ccccc3)c12. The smallest absolute Gasteiger partial charge is 0.263 e. The predicted octanol–water partition coefficient (Wildman–Crippen LogP) is 5.68. The van der Waals surface area contributed by atoms with E-state index in [2.05, 4.69) is 10.3 Å². The molecule has 162 valence electrons. The highest BCUT2D eigenvalue weighted by molar-refractivity contribution is 7.21. The summed E-state index contributed by atoms with van der Waals surface area (Å²) in [5.41, 5.74) is 11.1. The average molecular weight is 455 g/mol. The van der Waals surface area contributed by atoms with Crippen LogP contribution in [0.4, 0.5) is 10.1 Å². The van der Waals surface area contributed by atoms with E-state index in [4.69, 9.17) is 10.7 Å². The summed E-state index contributed by atoms with van der Waals surface area (Å²) < 4.78 is 13.5. The van der Waals surface area contributed by atoms with Crippen molar-refractivity contribution in [3.63, 3.8) is 0 Å². The third kappa shape index (κ3) is 4.18. The molecule has 5 rings (SSSR count). The van der Waals surface area contributed by atoms with E-state index in [1.807, 2.05) is 48.5 Å². The quantitative estimate of drug-likeness (QED) is 0.358. The molecule has 0 radical (unpaired) electrons. The van der Waals surface area contributed by atoms with Gasteiger partial charge in [0.25, 0.3) is 5.91 Å². The molecule has 0 fully saturated rings. The van der Waals surface area contributed by atoms with Gasteiger partial charge in [0.2, 0.25) is 0 Å². The number of aromatic nitrogens is 2. The molecule has 0 atom stereocenters. The van der Waals surface area contributed by atoms with Gasteiger partial charge in [-0.2, -0.15) is 0 Å². The molecule has 0 saturated heterocycles. The summed E-state index contributed by atoms with van der Waals surface area (Å²) in [7, 11) is 0. The minimum Gasteiger partial charge on any atom is -0.397 e. The van der Waals surface area contributed by atoms with Crippen molar-refractivity contribution in [2.75, 3.05) is 5.73 Å². The molecule has 33 heavy (non-hydrogen) atoms. The topological polar surface area (TPSA) is 80.9 Å². The number of rotatable bonds is 5. The second-order valence-electron chi connectivity index (χ2n) is 7.50. The Kier molecular flexibility index (Phi) is 5.54. The van der Waals surface area contributed by atoms with E-state index in [1.54, 1.807) is 24.5 Å². The van der Waals surface area contributed by atoms with Gasteiger partial charge in [-0.25, -0.2) is 9.37 Å². The third-order valence-corrected chi connectivity index (χ3v) is 6.40. The molecule has 2 aromatic carbocycles. The molecule has 0 spiro atoms. The van der Waals surface area contributed by atoms with Crippen LogP contribution in [0, 0.1) is 5.82 Å². The Labute approximate surface area is 193 Å². The van der Waals surface area contributed by atoms with E-state index in [-0.39, 0.29) is 11.7 Å². The predicted molar refractivity (Wildman–Crippen MR) is 130 cm³/mol. The fraction of sp³-hybridized carbons (Fsp3) is 0.0385. The van der Waals surface area contributed by atoms with Gasteiger partial charge in [-0.15, -0.1) is 11.3 Å². The van der Waals surface area contributed by atoms with E-state index in [1.165, 1.54) is 23.5 Å². The van der Waals surface area contributed by atoms with E-state index < -0.39 is 0 Å². The molecule has 0 saturated carbocycles. The van der Waals surface area contributed by atoms with Crippen LogP contribution in [-0.4, -0.2) is 15.9 Å². The van der Waals surface area contributed by atoms with Gasteiger partial charge in [0.05, 0.1) is 11.4 Å². The van der Waals surface area contributed by atoms with Crippen molar-refractivity contribution in [3.8, 4) is 22.4 Å². The fourth-order valence-electron chi connectivity index (χ4n) is 3.67. The molecular weight excluding hydrogens is 435 g/mol. The van der Waals surface area contributed by atoms with Crippen LogP contribution < -0.4 is 11.1 Å². The lowest BCUT2D eigenvalue weighted by atomic mass is 9.99. The number of nitrogens with zero attached hydrogens (tertiary/aromatic N) is 2. The van der Waals surface area contributed by atoms with Crippen LogP contribution >= 0.6 is 11.3 Å². The largest absolute Gasteiger partial charge is 0.397 e. The van der Waals surface area contributed by atoms with Crippen LogP contribution in [0.1, 0.15) is 15.2 Å². The molecule has 1 amide bonds. The first-order valence-electron chi connectivity index (χ1n) is 10.3. The Hall–Kier alpha value is -4.10. The second-order valence-corrected chi connectivity index (χ2v) is 8.50. The van der Waals surface area contributed by atoms with Gasteiger partial charge in [-0.1, -0.05) is 36.4 Å². The number of carbonyl (C=O) groups excluding carboxylic acids is 1. The highest BCUT2D eigenvalue weighted by Crippen LogP contribution is 2.41. The van der Waals surface area contributed by atoms with Crippen molar-refractivity contribution in [1.29, 1.82) is 0 Å². The molecule has 0 aliphatic heterocycles. The maximum atomic E-state index is 13.5. The Morgan fingerprint density at radius 1 is 1.00 bits per heavy atom. The number of nitrogens with one attached hydrogen (secondary N) is 1. The number of carbonyl (C=O) groups is 1. The zero-order valence-corrected chi connectivity index (χ0v) is 18.3.